The second-order valence-electron chi connectivity index (χ2n) is 10.7. The van der Waals surface area contributed by atoms with Crippen LogP contribution in [0.3, 0.4) is 0 Å². The van der Waals surface area contributed by atoms with E-state index in [-0.39, 0.29) is 17.7 Å². The number of halogens is 3. The summed E-state index contributed by atoms with van der Waals surface area (Å²) in [6.45, 7) is 7.58. The summed E-state index contributed by atoms with van der Waals surface area (Å²) in [5.41, 5.74) is 5.98. The predicted octanol–water partition coefficient (Wildman–Crippen LogP) is 7.91. The summed E-state index contributed by atoms with van der Waals surface area (Å²) in [5, 5.41) is 8.20. The van der Waals surface area contributed by atoms with Crippen LogP contribution in [-0.2, 0) is 6.42 Å². The van der Waals surface area contributed by atoms with Crippen LogP contribution in [0.4, 0.5) is 23.7 Å². The van der Waals surface area contributed by atoms with Gasteiger partial charge in [-0.05, 0) is 66.8 Å². The van der Waals surface area contributed by atoms with Gasteiger partial charge in [-0.2, -0.15) is 4.99 Å². The van der Waals surface area contributed by atoms with E-state index in [0.29, 0.717) is 18.1 Å². The Balaban J connectivity index is 1.21. The second kappa shape index (κ2) is 14.2. The highest BCUT2D eigenvalue weighted by molar-refractivity contribution is 8.14. The van der Waals surface area contributed by atoms with Crippen LogP contribution in [0.15, 0.2) is 78.0 Å². The first-order valence-corrected chi connectivity index (χ1v) is 15.9. The van der Waals surface area contributed by atoms with Crippen molar-refractivity contribution < 1.29 is 22.7 Å². The third-order valence-corrected chi connectivity index (χ3v) is 8.44. The van der Waals surface area contributed by atoms with Gasteiger partial charge in [0.15, 0.2) is 11.0 Å². The van der Waals surface area contributed by atoms with Crippen LogP contribution in [0.2, 0.25) is 0 Å². The number of nitrogens with zero attached hydrogens (tertiary/aromatic N) is 5. The zero-order chi connectivity index (χ0) is 32.0. The van der Waals surface area contributed by atoms with Gasteiger partial charge in [-0.3, -0.25) is 0 Å². The second-order valence-corrected chi connectivity index (χ2v) is 11.8. The summed E-state index contributed by atoms with van der Waals surface area (Å²) in [6.07, 6.45) is -0.403. The number of aromatic nitrogens is 3. The van der Waals surface area contributed by atoms with Gasteiger partial charge in [-0.1, -0.05) is 68.4 Å². The van der Waals surface area contributed by atoms with Crippen LogP contribution in [0.5, 0.6) is 5.75 Å². The minimum absolute atomic E-state index is 0.0893. The molecular weight excluding hydrogens is 601 g/mol. The zero-order valence-electron chi connectivity index (χ0n) is 25.3. The molecule has 8 nitrogen and oxygen atoms in total. The number of benzene rings is 3. The Bertz CT molecular complexity index is 1640. The molecule has 5 rings (SSSR count). The quantitative estimate of drug-likeness (QED) is 0.191. The van der Waals surface area contributed by atoms with Crippen molar-refractivity contribution in [1.29, 1.82) is 0 Å². The number of urea groups is 1. The molecule has 0 spiro atoms. The molecule has 1 aliphatic heterocycles. The lowest BCUT2D eigenvalue weighted by Crippen LogP contribution is -2.30. The van der Waals surface area contributed by atoms with Crippen molar-refractivity contribution in [2.24, 2.45) is 4.99 Å². The number of rotatable bonds is 10. The van der Waals surface area contributed by atoms with Crippen molar-refractivity contribution in [2.45, 2.75) is 52.3 Å². The first-order valence-electron chi connectivity index (χ1n) is 14.9. The normalized spacial score (nSPS) is 15.0. The molecule has 1 atom stereocenters. The van der Waals surface area contributed by atoms with E-state index in [1.54, 1.807) is 11.8 Å². The Morgan fingerprint density at radius 3 is 2.53 bits per heavy atom. The SMILES string of the molecule is CCCc1ccc(C)cc1N1CCS/C1=N\C(=O)NCC(CC)c1ccc(-c2ncn(-c3ccc(OC(F)(F)F)cc3)n2)cc1. The number of hydrogen-bond donors (Lipinski definition) is 1. The molecule has 3 aromatic carbocycles. The molecule has 1 saturated heterocycles. The fourth-order valence-electron chi connectivity index (χ4n) is 5.18. The van der Waals surface area contributed by atoms with Crippen LogP contribution in [0.1, 0.15) is 49.3 Å². The third-order valence-electron chi connectivity index (χ3n) is 7.48. The van der Waals surface area contributed by atoms with Crippen LogP contribution in [0.25, 0.3) is 17.1 Å². The summed E-state index contributed by atoms with van der Waals surface area (Å²) in [6, 6.07) is 19.4. The molecule has 45 heavy (non-hydrogen) atoms. The van der Waals surface area contributed by atoms with E-state index >= 15 is 0 Å². The highest BCUT2D eigenvalue weighted by Gasteiger charge is 2.31. The first kappa shape index (κ1) is 32.1. The lowest BCUT2D eigenvalue weighted by molar-refractivity contribution is -0.274. The summed E-state index contributed by atoms with van der Waals surface area (Å²) in [5.74, 6) is 1.14. The lowest BCUT2D eigenvalue weighted by Gasteiger charge is -2.22. The Hall–Kier alpha value is -4.32. The minimum Gasteiger partial charge on any atom is -0.406 e. The van der Waals surface area contributed by atoms with Gasteiger partial charge >= 0.3 is 12.4 Å². The molecule has 2 amide bonds. The van der Waals surface area contributed by atoms with Gasteiger partial charge in [0.1, 0.15) is 12.1 Å². The number of aliphatic imine (C=N–C) groups is 1. The van der Waals surface area contributed by atoms with Crippen molar-refractivity contribution in [3.05, 3.63) is 89.7 Å². The van der Waals surface area contributed by atoms with E-state index in [1.807, 2.05) is 24.3 Å². The summed E-state index contributed by atoms with van der Waals surface area (Å²) in [7, 11) is 0. The molecule has 236 valence electrons. The number of carbonyl (C=O) groups is 1. The molecule has 0 saturated carbocycles. The van der Waals surface area contributed by atoms with Gasteiger partial charge in [-0.25, -0.2) is 14.5 Å². The largest absolute Gasteiger partial charge is 0.573 e. The number of aryl methyl sites for hydroxylation is 2. The highest BCUT2D eigenvalue weighted by atomic mass is 32.2. The Morgan fingerprint density at radius 2 is 1.84 bits per heavy atom. The predicted molar refractivity (Wildman–Crippen MR) is 172 cm³/mol. The maximum atomic E-state index is 12.9. The average molecular weight is 637 g/mol. The molecule has 1 unspecified atom stereocenters. The number of amidine groups is 1. The Morgan fingerprint density at radius 1 is 1.09 bits per heavy atom. The van der Waals surface area contributed by atoms with Gasteiger partial charge in [-0.15, -0.1) is 18.3 Å². The van der Waals surface area contributed by atoms with Gasteiger partial charge in [0.25, 0.3) is 0 Å². The molecule has 12 heteroatoms. The molecule has 0 aliphatic carbocycles. The van der Waals surface area contributed by atoms with Gasteiger partial charge in [0, 0.05) is 36.0 Å². The molecule has 1 aliphatic rings. The number of hydrogen-bond acceptors (Lipinski definition) is 5. The highest BCUT2D eigenvalue weighted by Crippen LogP contribution is 2.31. The fraction of sp³-hybridized carbons (Fsp3) is 0.333. The number of carbonyl (C=O) groups excluding carboxylic acids is 1. The first-order chi connectivity index (χ1) is 21.6. The van der Waals surface area contributed by atoms with Crippen molar-refractivity contribution >= 4 is 28.6 Å². The number of nitrogens with one attached hydrogen (secondary N) is 1. The Kier molecular flexibility index (Phi) is 10.1. The van der Waals surface area contributed by atoms with E-state index in [1.165, 1.54) is 46.4 Å². The molecule has 1 N–H and O–H groups in total. The van der Waals surface area contributed by atoms with E-state index in [0.717, 1.165) is 53.5 Å². The van der Waals surface area contributed by atoms with Crippen molar-refractivity contribution in [3.8, 4) is 22.8 Å². The Labute approximate surface area is 264 Å². The van der Waals surface area contributed by atoms with Crippen LogP contribution in [-0.4, -0.2) is 51.2 Å². The van der Waals surface area contributed by atoms with Gasteiger partial charge < -0.3 is 15.0 Å². The lowest BCUT2D eigenvalue weighted by atomic mass is 9.95. The van der Waals surface area contributed by atoms with Crippen LogP contribution < -0.4 is 15.0 Å². The molecule has 2 heterocycles. The monoisotopic (exact) mass is 636 g/mol. The van der Waals surface area contributed by atoms with Crippen molar-refractivity contribution in [3.63, 3.8) is 0 Å². The molecule has 4 aromatic rings. The zero-order valence-corrected chi connectivity index (χ0v) is 26.2. The molecular formula is C33H35F3N6O2S. The third kappa shape index (κ3) is 8.24. The van der Waals surface area contributed by atoms with Gasteiger partial charge in [0.05, 0.1) is 5.69 Å². The van der Waals surface area contributed by atoms with E-state index in [4.69, 9.17) is 0 Å². The number of anilines is 1. The average Bonchev–Trinajstić information content (AvgIpc) is 3.69. The number of thioether (sulfide) groups is 1. The summed E-state index contributed by atoms with van der Waals surface area (Å²) >= 11 is 1.60. The topological polar surface area (TPSA) is 84.6 Å². The molecule has 1 aromatic heterocycles. The number of alkyl halides is 3. The van der Waals surface area contributed by atoms with Crippen molar-refractivity contribution in [1.82, 2.24) is 20.1 Å². The maximum absolute atomic E-state index is 12.9. The van der Waals surface area contributed by atoms with E-state index in [9.17, 15) is 18.0 Å². The van der Waals surface area contributed by atoms with Crippen LogP contribution >= 0.6 is 11.8 Å². The van der Waals surface area contributed by atoms with E-state index in [2.05, 4.69) is 69.0 Å². The maximum Gasteiger partial charge on any atom is 0.573 e. The van der Waals surface area contributed by atoms with Gasteiger partial charge in [0.2, 0.25) is 0 Å². The fourth-order valence-corrected chi connectivity index (χ4v) is 6.13. The van der Waals surface area contributed by atoms with Crippen LogP contribution in [0, 0.1) is 6.92 Å². The smallest absolute Gasteiger partial charge is 0.406 e. The van der Waals surface area contributed by atoms with E-state index < -0.39 is 6.36 Å². The number of amides is 2. The summed E-state index contributed by atoms with van der Waals surface area (Å²) in [4.78, 5) is 23.9. The molecule has 1 fully saturated rings. The molecule has 0 bridgehead atoms. The summed E-state index contributed by atoms with van der Waals surface area (Å²) < 4.78 is 42.7. The minimum atomic E-state index is -4.75. The van der Waals surface area contributed by atoms with Crippen molar-refractivity contribution in [2.75, 3.05) is 23.7 Å². The number of ether oxygens (including phenoxy) is 1. The molecule has 0 radical (unpaired) electrons. The standard InChI is InChI=1S/C33H35F3N6O2S/c1-4-6-25-8-7-22(3)19-29(25)41-17-18-45-32(41)39-31(43)37-20-23(5-2)24-9-11-26(12-10-24)30-38-21-42(40-30)27-13-15-28(16-14-27)44-33(34,35)36/h7-16,19,21,23H,4-6,17-18,20H2,1-3H3,(H,37,43)/b39-32-.